The molecule has 0 bridgehead atoms. The fourth-order valence-electron chi connectivity index (χ4n) is 2.53. The van der Waals surface area contributed by atoms with Crippen LogP contribution in [0.5, 0.6) is 0 Å². The molecule has 0 unspecified atom stereocenters. The summed E-state index contributed by atoms with van der Waals surface area (Å²) >= 11 is 11.9. The number of carbonyl (C=O) groups excluding carboxylic acids is 1. The Hall–Kier alpha value is -2.89. The standard InChI is InChI=1S/C20H14Cl2N2O3/c21-15-8-6-13(10-16(15)22)19(25)24-18(12-4-2-1-3-5-12)17-9-7-14(11-23-17)20(26)27/h1-11,18H,(H,24,25)(H,26,27)/t18-/m0/s1. The van der Waals surface area contributed by atoms with E-state index in [4.69, 9.17) is 28.3 Å². The summed E-state index contributed by atoms with van der Waals surface area (Å²) in [6.45, 7) is 0. The zero-order valence-corrected chi connectivity index (χ0v) is 15.4. The summed E-state index contributed by atoms with van der Waals surface area (Å²) in [4.78, 5) is 28.0. The number of aromatic nitrogens is 1. The minimum absolute atomic E-state index is 0.0707. The topological polar surface area (TPSA) is 79.3 Å². The Morgan fingerprint density at radius 1 is 0.926 bits per heavy atom. The first-order valence-electron chi connectivity index (χ1n) is 7.96. The van der Waals surface area contributed by atoms with Gasteiger partial charge in [-0.1, -0.05) is 53.5 Å². The highest BCUT2D eigenvalue weighted by atomic mass is 35.5. The smallest absolute Gasteiger partial charge is 0.337 e. The number of benzene rings is 2. The largest absolute Gasteiger partial charge is 0.478 e. The first kappa shape index (κ1) is 18.9. The molecule has 2 aromatic carbocycles. The summed E-state index contributed by atoms with van der Waals surface area (Å²) in [7, 11) is 0. The van der Waals surface area contributed by atoms with E-state index in [9.17, 15) is 9.59 Å². The molecule has 0 radical (unpaired) electrons. The number of amides is 1. The van der Waals surface area contributed by atoms with Crippen molar-refractivity contribution < 1.29 is 14.7 Å². The Kier molecular flexibility index (Phi) is 5.74. The number of nitrogens with one attached hydrogen (secondary N) is 1. The van der Waals surface area contributed by atoms with Gasteiger partial charge in [0.2, 0.25) is 0 Å². The van der Waals surface area contributed by atoms with Crippen molar-refractivity contribution in [3.05, 3.63) is 99.3 Å². The number of hydrogen-bond acceptors (Lipinski definition) is 3. The number of carbonyl (C=O) groups is 2. The third-order valence-corrected chi connectivity index (χ3v) is 4.66. The van der Waals surface area contributed by atoms with E-state index < -0.39 is 12.0 Å². The van der Waals surface area contributed by atoms with E-state index in [0.717, 1.165) is 5.56 Å². The Balaban J connectivity index is 1.94. The van der Waals surface area contributed by atoms with Crippen LogP contribution in [0.3, 0.4) is 0 Å². The highest BCUT2D eigenvalue weighted by Gasteiger charge is 2.20. The molecule has 3 aromatic rings. The first-order valence-corrected chi connectivity index (χ1v) is 8.71. The van der Waals surface area contributed by atoms with Gasteiger partial charge >= 0.3 is 5.97 Å². The summed E-state index contributed by atoms with van der Waals surface area (Å²) in [5.74, 6) is -1.42. The molecule has 0 aliphatic carbocycles. The van der Waals surface area contributed by atoms with E-state index >= 15 is 0 Å². The van der Waals surface area contributed by atoms with Gasteiger partial charge < -0.3 is 10.4 Å². The molecule has 3 rings (SSSR count). The maximum Gasteiger partial charge on any atom is 0.337 e. The summed E-state index contributed by atoms with van der Waals surface area (Å²) in [5.41, 5.74) is 1.75. The van der Waals surface area contributed by atoms with Gasteiger partial charge in [-0.15, -0.1) is 0 Å². The number of rotatable bonds is 5. The lowest BCUT2D eigenvalue weighted by Crippen LogP contribution is -2.30. The number of halogens is 2. The summed E-state index contributed by atoms with van der Waals surface area (Å²) < 4.78 is 0. The van der Waals surface area contributed by atoms with Gasteiger partial charge in [-0.2, -0.15) is 0 Å². The number of carboxylic acids is 1. The van der Waals surface area contributed by atoms with Gasteiger partial charge in [0.15, 0.2) is 0 Å². The van der Waals surface area contributed by atoms with E-state index in [2.05, 4.69) is 10.3 Å². The molecule has 0 aliphatic rings. The Morgan fingerprint density at radius 3 is 2.22 bits per heavy atom. The van der Waals surface area contributed by atoms with Crippen LogP contribution in [-0.2, 0) is 0 Å². The predicted molar refractivity (Wildman–Crippen MR) is 103 cm³/mol. The molecule has 136 valence electrons. The van der Waals surface area contributed by atoms with Crippen LogP contribution in [0.2, 0.25) is 10.0 Å². The van der Waals surface area contributed by atoms with Crippen LogP contribution in [0, 0.1) is 0 Å². The van der Waals surface area contributed by atoms with E-state index in [1.54, 1.807) is 18.2 Å². The van der Waals surface area contributed by atoms with Crippen molar-refractivity contribution in [3.63, 3.8) is 0 Å². The Morgan fingerprint density at radius 2 is 1.63 bits per heavy atom. The van der Waals surface area contributed by atoms with E-state index in [1.807, 2.05) is 30.3 Å². The lowest BCUT2D eigenvalue weighted by molar-refractivity contribution is 0.0696. The van der Waals surface area contributed by atoms with Crippen molar-refractivity contribution >= 4 is 35.1 Å². The highest BCUT2D eigenvalue weighted by Crippen LogP contribution is 2.24. The second kappa shape index (κ2) is 8.20. The zero-order valence-electron chi connectivity index (χ0n) is 13.9. The third kappa shape index (κ3) is 4.45. The fourth-order valence-corrected chi connectivity index (χ4v) is 2.83. The molecule has 1 aromatic heterocycles. The molecule has 1 atom stereocenters. The molecule has 5 nitrogen and oxygen atoms in total. The van der Waals surface area contributed by atoms with Gasteiger partial charge in [-0.05, 0) is 35.9 Å². The van der Waals surface area contributed by atoms with Crippen LogP contribution < -0.4 is 5.32 Å². The quantitative estimate of drug-likeness (QED) is 0.655. The number of aromatic carboxylic acids is 1. The summed E-state index contributed by atoms with van der Waals surface area (Å²) in [6.07, 6.45) is 1.26. The number of carboxylic acid groups (broad SMARTS) is 1. The summed E-state index contributed by atoms with van der Waals surface area (Å²) in [6, 6.07) is 16.4. The van der Waals surface area contributed by atoms with Crippen molar-refractivity contribution in [2.75, 3.05) is 0 Å². The van der Waals surface area contributed by atoms with Gasteiger partial charge in [-0.3, -0.25) is 9.78 Å². The average molecular weight is 401 g/mol. The van der Waals surface area contributed by atoms with Crippen LogP contribution in [0.1, 0.15) is 38.0 Å². The van der Waals surface area contributed by atoms with Crippen LogP contribution in [0.15, 0.2) is 66.9 Å². The number of pyridine rings is 1. The molecule has 0 saturated heterocycles. The molecule has 7 heteroatoms. The minimum atomic E-state index is -1.06. The van der Waals surface area contributed by atoms with Crippen molar-refractivity contribution in [2.45, 2.75) is 6.04 Å². The molecule has 2 N–H and O–H groups in total. The maximum absolute atomic E-state index is 12.7. The minimum Gasteiger partial charge on any atom is -0.478 e. The van der Waals surface area contributed by atoms with Crippen LogP contribution in [-0.4, -0.2) is 22.0 Å². The zero-order chi connectivity index (χ0) is 19.4. The number of hydrogen-bond donors (Lipinski definition) is 2. The molecule has 27 heavy (non-hydrogen) atoms. The highest BCUT2D eigenvalue weighted by molar-refractivity contribution is 6.42. The molecule has 0 saturated carbocycles. The maximum atomic E-state index is 12.7. The van der Waals surface area contributed by atoms with Gasteiger partial charge in [0, 0.05) is 11.8 Å². The summed E-state index contributed by atoms with van der Waals surface area (Å²) in [5, 5.41) is 12.6. The average Bonchev–Trinajstić information content (AvgIpc) is 2.69. The normalized spacial score (nSPS) is 11.6. The van der Waals surface area contributed by atoms with Gasteiger partial charge in [0.25, 0.3) is 5.91 Å². The van der Waals surface area contributed by atoms with Gasteiger partial charge in [0.1, 0.15) is 0 Å². The molecular weight excluding hydrogens is 387 g/mol. The van der Waals surface area contributed by atoms with Crippen LogP contribution >= 0.6 is 23.2 Å². The first-order chi connectivity index (χ1) is 13.0. The molecule has 0 spiro atoms. The van der Waals surface area contributed by atoms with Gasteiger partial charge in [0.05, 0.1) is 27.3 Å². The molecule has 1 amide bonds. The van der Waals surface area contributed by atoms with E-state index in [0.29, 0.717) is 16.3 Å². The SMILES string of the molecule is O=C(O)c1ccc([C@@H](NC(=O)c2ccc(Cl)c(Cl)c2)c2ccccc2)nc1. The monoisotopic (exact) mass is 400 g/mol. The van der Waals surface area contributed by atoms with Crippen molar-refractivity contribution in [1.29, 1.82) is 0 Å². The predicted octanol–water partition coefficient (Wildman–Crippen LogP) is 4.61. The van der Waals surface area contributed by atoms with Crippen molar-refractivity contribution in [1.82, 2.24) is 10.3 Å². The van der Waals surface area contributed by atoms with E-state index in [1.165, 1.54) is 18.3 Å². The van der Waals surface area contributed by atoms with Crippen molar-refractivity contribution in [2.24, 2.45) is 0 Å². The second-order valence-corrected chi connectivity index (χ2v) is 6.54. The van der Waals surface area contributed by atoms with E-state index in [-0.39, 0.29) is 16.5 Å². The van der Waals surface area contributed by atoms with Crippen LogP contribution in [0.25, 0.3) is 0 Å². The Labute approximate surface area is 165 Å². The molecule has 0 fully saturated rings. The van der Waals surface area contributed by atoms with Gasteiger partial charge in [-0.25, -0.2) is 4.79 Å². The number of nitrogens with zero attached hydrogens (tertiary/aromatic N) is 1. The lowest BCUT2D eigenvalue weighted by atomic mass is 10.0. The third-order valence-electron chi connectivity index (χ3n) is 3.92. The fraction of sp³-hybridized carbons (Fsp3) is 0.0500. The molecular formula is C20H14Cl2N2O3. The molecule has 0 aliphatic heterocycles. The Bertz CT molecular complexity index is 976. The van der Waals surface area contributed by atoms with Crippen LogP contribution in [0.4, 0.5) is 0 Å². The van der Waals surface area contributed by atoms with Crippen molar-refractivity contribution in [3.8, 4) is 0 Å². The lowest BCUT2D eigenvalue weighted by Gasteiger charge is -2.19. The second-order valence-electron chi connectivity index (χ2n) is 5.72. The molecule has 1 heterocycles.